The molecule has 2 nitrogen and oxygen atoms in total. The zero-order valence-corrected chi connectivity index (χ0v) is 10.5. The van der Waals surface area contributed by atoms with E-state index in [0.29, 0.717) is 11.8 Å². The van der Waals surface area contributed by atoms with E-state index in [-0.39, 0.29) is 6.04 Å². The van der Waals surface area contributed by atoms with Gasteiger partial charge in [0.25, 0.3) is 0 Å². The van der Waals surface area contributed by atoms with Crippen LogP contribution < -0.4 is 5.32 Å². The van der Waals surface area contributed by atoms with Gasteiger partial charge in [0, 0.05) is 25.2 Å². The minimum atomic E-state index is -0.488. The van der Waals surface area contributed by atoms with Crippen LogP contribution in [0.1, 0.15) is 18.5 Å². The smallest absolute Gasteiger partial charge is 0.126 e. The third kappa shape index (κ3) is 2.15. The quantitative estimate of drug-likeness (QED) is 0.868. The fourth-order valence-corrected chi connectivity index (χ4v) is 3.24. The first kappa shape index (κ1) is 12.1. The fourth-order valence-electron chi connectivity index (χ4n) is 3.24. The minimum Gasteiger partial charge on any atom is -0.316 e. The van der Waals surface area contributed by atoms with E-state index >= 15 is 0 Å². The van der Waals surface area contributed by atoms with Gasteiger partial charge in [0.2, 0.25) is 0 Å². The van der Waals surface area contributed by atoms with Crippen molar-refractivity contribution in [2.45, 2.75) is 13.0 Å². The molecule has 18 heavy (non-hydrogen) atoms. The van der Waals surface area contributed by atoms with Crippen LogP contribution in [0, 0.1) is 23.5 Å². The Balaban J connectivity index is 1.76. The normalized spacial score (nSPS) is 29.5. The minimum absolute atomic E-state index is 0.0841. The van der Waals surface area contributed by atoms with Gasteiger partial charge in [0.1, 0.15) is 11.6 Å². The van der Waals surface area contributed by atoms with Crippen LogP contribution in [0.25, 0.3) is 0 Å². The van der Waals surface area contributed by atoms with E-state index in [4.69, 9.17) is 0 Å². The zero-order chi connectivity index (χ0) is 12.7. The Morgan fingerprint density at radius 3 is 2.22 bits per heavy atom. The molecule has 1 aromatic carbocycles. The number of nitrogens with one attached hydrogen (secondary N) is 1. The topological polar surface area (TPSA) is 15.3 Å². The lowest BCUT2D eigenvalue weighted by Gasteiger charge is -2.25. The summed E-state index contributed by atoms with van der Waals surface area (Å²) < 4.78 is 26.5. The molecule has 2 aliphatic heterocycles. The maximum atomic E-state index is 13.2. The van der Waals surface area contributed by atoms with Crippen LogP contribution in [0.3, 0.4) is 0 Å². The summed E-state index contributed by atoms with van der Waals surface area (Å²) in [7, 11) is 0. The molecule has 0 radical (unpaired) electrons. The van der Waals surface area contributed by atoms with E-state index in [1.807, 2.05) is 6.92 Å². The van der Waals surface area contributed by atoms with E-state index in [1.54, 1.807) is 0 Å². The lowest BCUT2D eigenvalue weighted by molar-refractivity contribution is 0.243. The van der Waals surface area contributed by atoms with E-state index < -0.39 is 11.6 Å². The number of rotatable bonds is 2. The van der Waals surface area contributed by atoms with Gasteiger partial charge in [0.05, 0.1) is 0 Å². The monoisotopic (exact) mass is 252 g/mol. The fraction of sp³-hybridized carbons (Fsp3) is 0.571. The second kappa shape index (κ2) is 4.59. The molecular formula is C14H18F2N2. The Labute approximate surface area is 106 Å². The van der Waals surface area contributed by atoms with Gasteiger partial charge in [-0.25, -0.2) is 8.78 Å². The van der Waals surface area contributed by atoms with Crippen LogP contribution in [0.5, 0.6) is 0 Å². The molecule has 98 valence electrons. The van der Waals surface area contributed by atoms with Crippen molar-refractivity contribution in [1.82, 2.24) is 10.2 Å². The standard InChI is InChI=1S/C14H18F2N2/c1-9(10-2-13(15)4-14(16)3-10)18-7-11-5-17-6-12(11)8-18/h2-4,9,11-12,17H,5-8H2,1H3. The molecule has 4 heteroatoms. The molecule has 0 spiro atoms. The number of benzene rings is 1. The number of nitrogens with zero attached hydrogens (tertiary/aromatic N) is 1. The van der Waals surface area contributed by atoms with E-state index in [2.05, 4.69) is 10.2 Å². The molecular weight excluding hydrogens is 234 g/mol. The molecule has 3 atom stereocenters. The van der Waals surface area contributed by atoms with Crippen molar-refractivity contribution in [3.05, 3.63) is 35.4 Å². The summed E-state index contributed by atoms with van der Waals surface area (Å²) in [5, 5.41) is 3.40. The summed E-state index contributed by atoms with van der Waals surface area (Å²) in [4.78, 5) is 2.34. The maximum absolute atomic E-state index is 13.2. The number of hydrogen-bond acceptors (Lipinski definition) is 2. The van der Waals surface area contributed by atoms with E-state index in [9.17, 15) is 8.78 Å². The van der Waals surface area contributed by atoms with Gasteiger partial charge in [-0.1, -0.05) is 0 Å². The molecule has 0 bridgehead atoms. The van der Waals surface area contributed by atoms with Crippen LogP contribution in [-0.2, 0) is 0 Å². The van der Waals surface area contributed by atoms with Gasteiger partial charge in [0.15, 0.2) is 0 Å². The van der Waals surface area contributed by atoms with Crippen LogP contribution in [0.4, 0.5) is 8.78 Å². The van der Waals surface area contributed by atoms with Crippen LogP contribution in [0.2, 0.25) is 0 Å². The molecule has 0 aliphatic carbocycles. The number of fused-ring (bicyclic) bond motifs is 1. The highest BCUT2D eigenvalue weighted by Crippen LogP contribution is 2.33. The summed E-state index contributed by atoms with van der Waals surface area (Å²) in [5.74, 6) is 0.424. The first-order chi connectivity index (χ1) is 8.63. The Morgan fingerprint density at radius 2 is 1.67 bits per heavy atom. The van der Waals surface area contributed by atoms with Crippen LogP contribution >= 0.6 is 0 Å². The molecule has 3 rings (SSSR count). The summed E-state index contributed by atoms with van der Waals surface area (Å²) in [5.41, 5.74) is 0.737. The van der Waals surface area contributed by atoms with Gasteiger partial charge < -0.3 is 5.32 Å². The first-order valence-corrected chi connectivity index (χ1v) is 6.54. The second-order valence-corrected chi connectivity index (χ2v) is 5.51. The largest absolute Gasteiger partial charge is 0.316 e. The van der Waals surface area contributed by atoms with Crippen molar-refractivity contribution in [2.75, 3.05) is 26.2 Å². The summed E-state index contributed by atoms with van der Waals surface area (Å²) in [6.45, 7) is 6.23. The molecule has 1 aromatic rings. The van der Waals surface area contributed by atoms with Gasteiger partial charge in [-0.15, -0.1) is 0 Å². The Morgan fingerprint density at radius 1 is 1.11 bits per heavy atom. The third-order valence-corrected chi connectivity index (χ3v) is 4.33. The highest BCUT2D eigenvalue weighted by molar-refractivity contribution is 5.21. The van der Waals surface area contributed by atoms with Gasteiger partial charge in [-0.3, -0.25) is 4.90 Å². The Bertz CT molecular complexity index is 417. The van der Waals surface area contributed by atoms with Gasteiger partial charge in [-0.05, 0) is 49.5 Å². The molecule has 0 saturated carbocycles. The Kier molecular flexibility index (Phi) is 3.08. The van der Waals surface area contributed by atoms with Crippen molar-refractivity contribution in [3.8, 4) is 0 Å². The molecule has 2 fully saturated rings. The first-order valence-electron chi connectivity index (χ1n) is 6.54. The molecule has 0 amide bonds. The second-order valence-electron chi connectivity index (χ2n) is 5.51. The Hall–Kier alpha value is -1.00. The van der Waals surface area contributed by atoms with Crippen LogP contribution in [0.15, 0.2) is 18.2 Å². The lowest BCUT2D eigenvalue weighted by atomic mass is 10.0. The van der Waals surface area contributed by atoms with Gasteiger partial charge >= 0.3 is 0 Å². The molecule has 2 saturated heterocycles. The molecule has 2 heterocycles. The summed E-state index contributed by atoms with van der Waals surface area (Å²) in [6.07, 6.45) is 0. The highest BCUT2D eigenvalue weighted by Gasteiger charge is 2.37. The summed E-state index contributed by atoms with van der Waals surface area (Å²) >= 11 is 0. The van der Waals surface area contributed by atoms with Crippen molar-refractivity contribution < 1.29 is 8.78 Å². The van der Waals surface area contributed by atoms with Crippen molar-refractivity contribution in [3.63, 3.8) is 0 Å². The SMILES string of the molecule is CC(c1cc(F)cc(F)c1)N1CC2CNCC2C1. The predicted octanol–water partition coefficient (Wildman–Crippen LogP) is 2.18. The molecule has 3 unspecified atom stereocenters. The molecule has 1 N–H and O–H groups in total. The van der Waals surface area contributed by atoms with Crippen molar-refractivity contribution in [2.24, 2.45) is 11.8 Å². The highest BCUT2D eigenvalue weighted by atomic mass is 19.1. The third-order valence-electron chi connectivity index (χ3n) is 4.33. The molecule has 0 aromatic heterocycles. The lowest BCUT2D eigenvalue weighted by Crippen LogP contribution is -2.28. The number of likely N-dealkylation sites (tertiary alicyclic amines) is 1. The van der Waals surface area contributed by atoms with E-state index in [1.165, 1.54) is 12.1 Å². The average molecular weight is 252 g/mol. The predicted molar refractivity (Wildman–Crippen MR) is 66.2 cm³/mol. The van der Waals surface area contributed by atoms with Crippen molar-refractivity contribution in [1.29, 1.82) is 0 Å². The van der Waals surface area contributed by atoms with Crippen LogP contribution in [-0.4, -0.2) is 31.1 Å². The summed E-state index contributed by atoms with van der Waals surface area (Å²) in [6, 6.07) is 3.90. The number of halogens is 2. The molecule has 2 aliphatic rings. The average Bonchev–Trinajstić information content (AvgIpc) is 2.86. The van der Waals surface area contributed by atoms with Crippen molar-refractivity contribution >= 4 is 0 Å². The number of hydrogen-bond donors (Lipinski definition) is 1. The maximum Gasteiger partial charge on any atom is 0.126 e. The van der Waals surface area contributed by atoms with E-state index in [0.717, 1.165) is 37.8 Å². The zero-order valence-electron chi connectivity index (χ0n) is 10.5. The van der Waals surface area contributed by atoms with Gasteiger partial charge in [-0.2, -0.15) is 0 Å².